The summed E-state index contributed by atoms with van der Waals surface area (Å²) in [7, 11) is 0. The van der Waals surface area contributed by atoms with Gasteiger partial charge in [-0.15, -0.1) is 0 Å². The number of benzene rings is 1. The molecule has 1 nitrogen and oxygen atoms in total. The van der Waals surface area contributed by atoms with Crippen molar-refractivity contribution in [2.75, 3.05) is 0 Å². The summed E-state index contributed by atoms with van der Waals surface area (Å²) in [5.74, 6) is 0. The molecule has 0 unspecified atom stereocenters. The van der Waals surface area contributed by atoms with Crippen LogP contribution in [0.15, 0.2) is 46.2 Å². The number of allylic oxidation sites excluding steroid dienone is 1. The fourth-order valence-corrected chi connectivity index (χ4v) is 4.98. The number of aliphatic hydroxyl groups is 1. The highest BCUT2D eigenvalue weighted by atomic mass is 32.2. The van der Waals surface area contributed by atoms with Gasteiger partial charge >= 0.3 is 0 Å². The first-order chi connectivity index (χ1) is 12.7. The van der Waals surface area contributed by atoms with Gasteiger partial charge < -0.3 is 5.11 Å². The molecule has 0 atom stereocenters. The first-order valence-corrected chi connectivity index (χ1v) is 11.7. The first kappa shape index (κ1) is 21.6. The summed E-state index contributed by atoms with van der Waals surface area (Å²) in [6, 6.07) is 10.5. The van der Waals surface area contributed by atoms with Gasteiger partial charge in [-0.2, -0.15) is 0 Å². The Morgan fingerprint density at radius 1 is 0.923 bits per heavy atom. The number of hydrogen-bond donors (Lipinski definition) is 1. The van der Waals surface area contributed by atoms with Crippen molar-refractivity contribution in [1.82, 2.24) is 0 Å². The molecule has 1 N–H and O–H groups in total. The zero-order valence-electron chi connectivity index (χ0n) is 16.7. The molecule has 26 heavy (non-hydrogen) atoms. The number of unbranched alkanes of at least 4 members (excludes halogenated alkanes) is 8. The third kappa shape index (κ3) is 7.88. The first-order valence-electron chi connectivity index (χ1n) is 10.9. The molecule has 1 saturated carbocycles. The SMILES string of the molecule is CCCCCCCCCC/C=C(\Sc1ccccc1)C1(O)CCCCC1. The molecule has 1 aromatic carbocycles. The lowest BCUT2D eigenvalue weighted by molar-refractivity contribution is 0.0473. The van der Waals surface area contributed by atoms with E-state index in [0.717, 1.165) is 32.1 Å². The van der Waals surface area contributed by atoms with Crippen molar-refractivity contribution in [3.63, 3.8) is 0 Å². The van der Waals surface area contributed by atoms with Crippen LogP contribution in [0.1, 0.15) is 96.8 Å². The average molecular weight is 375 g/mol. The molecule has 146 valence electrons. The molecule has 1 aromatic rings. The van der Waals surface area contributed by atoms with E-state index in [1.54, 1.807) is 11.8 Å². The molecule has 1 aliphatic carbocycles. The van der Waals surface area contributed by atoms with Crippen molar-refractivity contribution in [3.05, 3.63) is 41.3 Å². The Kier molecular flexibility index (Phi) is 10.5. The standard InChI is InChI=1S/C24H38OS/c1-2-3-4-5-6-7-8-9-14-19-23(24(25)20-15-11-16-21-24)26-22-17-12-10-13-18-22/h10,12-13,17-19,25H,2-9,11,14-16,20-21H2,1H3/b23-19-. The Morgan fingerprint density at radius 2 is 1.54 bits per heavy atom. The van der Waals surface area contributed by atoms with Crippen LogP contribution in [-0.4, -0.2) is 10.7 Å². The molecule has 0 spiro atoms. The summed E-state index contributed by atoms with van der Waals surface area (Å²) in [6.07, 6.45) is 19.7. The highest BCUT2D eigenvalue weighted by molar-refractivity contribution is 8.03. The smallest absolute Gasteiger partial charge is 0.0954 e. The van der Waals surface area contributed by atoms with E-state index in [1.807, 2.05) is 0 Å². The van der Waals surface area contributed by atoms with Crippen LogP contribution in [0.2, 0.25) is 0 Å². The van der Waals surface area contributed by atoms with Crippen molar-refractivity contribution < 1.29 is 5.11 Å². The fourth-order valence-electron chi connectivity index (χ4n) is 3.84. The fraction of sp³-hybridized carbons (Fsp3) is 0.667. The predicted octanol–water partition coefficient (Wildman–Crippen LogP) is 7.89. The second kappa shape index (κ2) is 12.6. The summed E-state index contributed by atoms with van der Waals surface area (Å²) < 4.78 is 0. The normalized spacial score (nSPS) is 17.4. The van der Waals surface area contributed by atoms with E-state index in [2.05, 4.69) is 43.3 Å². The van der Waals surface area contributed by atoms with Gasteiger partial charge in [0.05, 0.1) is 5.60 Å². The van der Waals surface area contributed by atoms with Crippen LogP contribution in [0.25, 0.3) is 0 Å². The monoisotopic (exact) mass is 374 g/mol. The second-order valence-electron chi connectivity index (χ2n) is 7.84. The van der Waals surface area contributed by atoms with E-state index in [1.165, 1.54) is 67.6 Å². The minimum atomic E-state index is -0.584. The molecule has 0 radical (unpaired) electrons. The molecule has 1 aliphatic rings. The van der Waals surface area contributed by atoms with Gasteiger partial charge in [0.15, 0.2) is 0 Å². The molecule has 0 bridgehead atoms. The Balaban J connectivity index is 1.82. The maximum absolute atomic E-state index is 11.2. The van der Waals surface area contributed by atoms with Crippen molar-refractivity contribution in [2.45, 2.75) is 107 Å². The minimum absolute atomic E-state index is 0.584. The van der Waals surface area contributed by atoms with Crippen LogP contribution in [0.5, 0.6) is 0 Å². The quantitative estimate of drug-likeness (QED) is 0.296. The summed E-state index contributed by atoms with van der Waals surface area (Å²) in [6.45, 7) is 2.28. The lowest BCUT2D eigenvalue weighted by Gasteiger charge is -2.34. The predicted molar refractivity (Wildman–Crippen MR) is 116 cm³/mol. The molecule has 2 heteroatoms. The molecule has 1 fully saturated rings. The molecule has 0 saturated heterocycles. The Hall–Kier alpha value is -0.730. The molecule has 2 rings (SSSR count). The number of hydrogen-bond acceptors (Lipinski definition) is 2. The van der Waals surface area contributed by atoms with E-state index in [0.29, 0.717) is 0 Å². The van der Waals surface area contributed by atoms with Crippen LogP contribution in [0.4, 0.5) is 0 Å². The zero-order valence-corrected chi connectivity index (χ0v) is 17.5. The van der Waals surface area contributed by atoms with Gasteiger partial charge in [0.25, 0.3) is 0 Å². The van der Waals surface area contributed by atoms with E-state index >= 15 is 0 Å². The lowest BCUT2D eigenvalue weighted by atomic mass is 9.84. The Morgan fingerprint density at radius 3 is 2.19 bits per heavy atom. The van der Waals surface area contributed by atoms with Crippen molar-refractivity contribution in [3.8, 4) is 0 Å². The average Bonchev–Trinajstić information content (AvgIpc) is 2.67. The van der Waals surface area contributed by atoms with E-state index in [4.69, 9.17) is 0 Å². The minimum Gasteiger partial charge on any atom is -0.385 e. The van der Waals surface area contributed by atoms with Gasteiger partial charge in [-0.05, 0) is 37.8 Å². The van der Waals surface area contributed by atoms with Gasteiger partial charge in [0.1, 0.15) is 0 Å². The van der Waals surface area contributed by atoms with Gasteiger partial charge in [-0.25, -0.2) is 0 Å². The highest BCUT2D eigenvalue weighted by Gasteiger charge is 2.33. The maximum atomic E-state index is 11.2. The summed E-state index contributed by atoms with van der Waals surface area (Å²) in [4.78, 5) is 2.44. The number of thioether (sulfide) groups is 1. The molecular formula is C24H38OS. The highest BCUT2D eigenvalue weighted by Crippen LogP contribution is 2.42. The molecule has 0 aliphatic heterocycles. The Bertz CT molecular complexity index is 502. The topological polar surface area (TPSA) is 20.2 Å². The molecule has 0 heterocycles. The van der Waals surface area contributed by atoms with Gasteiger partial charge in [-0.3, -0.25) is 0 Å². The summed E-state index contributed by atoms with van der Waals surface area (Å²) in [5, 5.41) is 11.2. The molecule has 0 amide bonds. The van der Waals surface area contributed by atoms with Gasteiger partial charge in [-0.1, -0.05) is 107 Å². The zero-order chi connectivity index (χ0) is 18.5. The van der Waals surface area contributed by atoms with Crippen molar-refractivity contribution in [1.29, 1.82) is 0 Å². The van der Waals surface area contributed by atoms with Crippen LogP contribution in [0.3, 0.4) is 0 Å². The van der Waals surface area contributed by atoms with Crippen molar-refractivity contribution >= 4 is 11.8 Å². The number of rotatable bonds is 12. The summed E-state index contributed by atoms with van der Waals surface area (Å²) >= 11 is 1.78. The molecular weight excluding hydrogens is 336 g/mol. The van der Waals surface area contributed by atoms with E-state index in [9.17, 15) is 5.11 Å². The van der Waals surface area contributed by atoms with Gasteiger partial charge in [0, 0.05) is 9.80 Å². The van der Waals surface area contributed by atoms with Crippen LogP contribution >= 0.6 is 11.8 Å². The summed E-state index contributed by atoms with van der Waals surface area (Å²) in [5.41, 5.74) is -0.584. The lowest BCUT2D eigenvalue weighted by Crippen LogP contribution is -2.32. The Labute approximate surface area is 165 Å². The second-order valence-corrected chi connectivity index (χ2v) is 8.95. The maximum Gasteiger partial charge on any atom is 0.0954 e. The van der Waals surface area contributed by atoms with Crippen LogP contribution in [0, 0.1) is 0 Å². The van der Waals surface area contributed by atoms with Crippen LogP contribution < -0.4 is 0 Å². The van der Waals surface area contributed by atoms with Crippen molar-refractivity contribution in [2.24, 2.45) is 0 Å². The van der Waals surface area contributed by atoms with Gasteiger partial charge in [0.2, 0.25) is 0 Å². The van der Waals surface area contributed by atoms with Crippen LogP contribution in [-0.2, 0) is 0 Å². The largest absolute Gasteiger partial charge is 0.385 e. The van der Waals surface area contributed by atoms with E-state index < -0.39 is 5.60 Å². The third-order valence-corrected chi connectivity index (χ3v) is 6.77. The van der Waals surface area contributed by atoms with E-state index in [-0.39, 0.29) is 0 Å². The molecule has 0 aromatic heterocycles. The third-order valence-electron chi connectivity index (χ3n) is 5.50.